The first-order valence-corrected chi connectivity index (χ1v) is 12.2. The average Bonchev–Trinajstić information content (AvgIpc) is 2.94. The van der Waals surface area contributed by atoms with E-state index in [1.54, 1.807) is 18.3 Å². The number of piperazine rings is 1. The number of hydrogen-bond donors (Lipinski definition) is 0. The zero-order chi connectivity index (χ0) is 24.7. The summed E-state index contributed by atoms with van der Waals surface area (Å²) in [4.78, 5) is 25.8. The molecule has 7 heteroatoms. The lowest BCUT2D eigenvalue weighted by molar-refractivity contribution is -0.126. The molecule has 5 rings (SSSR count). The van der Waals surface area contributed by atoms with Crippen LogP contribution in [0.2, 0.25) is 5.02 Å². The number of carbonyl (C=O) groups is 1. The number of hydrogen-bond acceptors (Lipinski definition) is 5. The van der Waals surface area contributed by atoms with Crippen LogP contribution < -0.4 is 9.64 Å². The van der Waals surface area contributed by atoms with Crippen LogP contribution >= 0.6 is 11.6 Å². The van der Waals surface area contributed by atoms with E-state index in [9.17, 15) is 4.79 Å². The van der Waals surface area contributed by atoms with Crippen LogP contribution in [0.5, 0.6) is 11.5 Å². The van der Waals surface area contributed by atoms with Crippen molar-refractivity contribution in [3.05, 3.63) is 108 Å². The van der Waals surface area contributed by atoms with Gasteiger partial charge in [0, 0.05) is 49.0 Å². The van der Waals surface area contributed by atoms with Gasteiger partial charge in [-0.25, -0.2) is 9.97 Å². The molecule has 6 nitrogen and oxygen atoms in total. The molecule has 0 radical (unpaired) electrons. The molecular formula is C29H25ClN4O2. The number of ether oxygens (including phenoxy) is 1. The zero-order valence-corrected chi connectivity index (χ0v) is 20.4. The molecule has 1 saturated heterocycles. The van der Waals surface area contributed by atoms with Crippen LogP contribution in [0, 0.1) is 0 Å². The Morgan fingerprint density at radius 3 is 2.28 bits per heavy atom. The summed E-state index contributed by atoms with van der Waals surface area (Å²) >= 11 is 6.18. The predicted octanol–water partition coefficient (Wildman–Crippen LogP) is 5.95. The summed E-state index contributed by atoms with van der Waals surface area (Å²) in [5.41, 5.74) is 2.65. The molecule has 180 valence electrons. The highest BCUT2D eigenvalue weighted by Gasteiger charge is 2.21. The van der Waals surface area contributed by atoms with Crippen molar-refractivity contribution < 1.29 is 9.53 Å². The molecule has 0 saturated carbocycles. The molecule has 1 fully saturated rings. The highest BCUT2D eigenvalue weighted by atomic mass is 35.5. The molecule has 1 aromatic heterocycles. The van der Waals surface area contributed by atoms with Crippen molar-refractivity contribution in [1.29, 1.82) is 0 Å². The van der Waals surface area contributed by atoms with E-state index in [0.717, 1.165) is 28.3 Å². The van der Waals surface area contributed by atoms with Crippen LogP contribution in [0.4, 0.5) is 5.95 Å². The van der Waals surface area contributed by atoms with E-state index in [1.165, 1.54) is 0 Å². The van der Waals surface area contributed by atoms with E-state index in [-0.39, 0.29) is 5.91 Å². The summed E-state index contributed by atoms with van der Waals surface area (Å²) in [6, 6.07) is 26.9. The third kappa shape index (κ3) is 5.73. The van der Waals surface area contributed by atoms with Crippen molar-refractivity contribution >= 4 is 29.5 Å². The third-order valence-electron chi connectivity index (χ3n) is 5.96. The quantitative estimate of drug-likeness (QED) is 0.309. The fourth-order valence-corrected chi connectivity index (χ4v) is 4.18. The summed E-state index contributed by atoms with van der Waals surface area (Å²) in [6.45, 7) is 2.54. The second-order valence-electron chi connectivity index (χ2n) is 8.35. The Labute approximate surface area is 215 Å². The third-order valence-corrected chi connectivity index (χ3v) is 6.30. The van der Waals surface area contributed by atoms with Gasteiger partial charge in [0.2, 0.25) is 11.9 Å². The molecule has 0 unspecified atom stereocenters. The van der Waals surface area contributed by atoms with Gasteiger partial charge in [-0.3, -0.25) is 4.79 Å². The predicted molar refractivity (Wildman–Crippen MR) is 143 cm³/mol. The Balaban J connectivity index is 1.20. The number of para-hydroxylation sites is 1. The van der Waals surface area contributed by atoms with Gasteiger partial charge in [-0.1, -0.05) is 48.0 Å². The van der Waals surface area contributed by atoms with E-state index in [2.05, 4.69) is 9.88 Å². The Morgan fingerprint density at radius 2 is 1.53 bits per heavy atom. The number of aromatic nitrogens is 2. The standard InChI is InChI=1S/C29H25ClN4O2/c30-26-9-5-4-6-22(26)12-15-28(35)33-18-20-34(21-19-33)29-31-17-16-27(32-29)23-10-13-25(14-11-23)36-24-7-2-1-3-8-24/h1-17H,18-21H2. The molecule has 0 spiro atoms. The smallest absolute Gasteiger partial charge is 0.246 e. The van der Waals surface area contributed by atoms with Crippen molar-refractivity contribution in [2.75, 3.05) is 31.1 Å². The fourth-order valence-electron chi connectivity index (χ4n) is 3.98. The van der Waals surface area contributed by atoms with Gasteiger partial charge in [0.15, 0.2) is 0 Å². The SMILES string of the molecule is O=C(C=Cc1ccccc1Cl)N1CCN(c2nccc(-c3ccc(Oc4ccccc4)cc3)n2)CC1. The molecule has 0 N–H and O–H groups in total. The highest BCUT2D eigenvalue weighted by molar-refractivity contribution is 6.32. The van der Waals surface area contributed by atoms with Crippen molar-refractivity contribution in [1.82, 2.24) is 14.9 Å². The number of carbonyl (C=O) groups excluding carboxylic acids is 1. The van der Waals surface area contributed by atoms with Crippen LogP contribution in [0.25, 0.3) is 17.3 Å². The number of anilines is 1. The topological polar surface area (TPSA) is 58.6 Å². The molecule has 2 heterocycles. The van der Waals surface area contributed by atoms with Gasteiger partial charge in [-0.15, -0.1) is 0 Å². The maximum Gasteiger partial charge on any atom is 0.246 e. The Hall–Kier alpha value is -4.16. The Morgan fingerprint density at radius 1 is 0.833 bits per heavy atom. The molecule has 0 bridgehead atoms. The molecule has 1 amide bonds. The second-order valence-corrected chi connectivity index (χ2v) is 8.76. The van der Waals surface area contributed by atoms with E-state index in [4.69, 9.17) is 21.3 Å². The lowest BCUT2D eigenvalue weighted by Gasteiger charge is -2.34. The number of rotatable bonds is 6. The van der Waals surface area contributed by atoms with Crippen LogP contribution in [-0.2, 0) is 4.79 Å². The van der Waals surface area contributed by atoms with Crippen molar-refractivity contribution in [3.8, 4) is 22.8 Å². The minimum Gasteiger partial charge on any atom is -0.457 e. The lowest BCUT2D eigenvalue weighted by atomic mass is 10.1. The highest BCUT2D eigenvalue weighted by Crippen LogP contribution is 2.26. The van der Waals surface area contributed by atoms with Gasteiger partial charge in [0.25, 0.3) is 0 Å². The van der Waals surface area contributed by atoms with E-state index < -0.39 is 0 Å². The number of halogens is 1. The summed E-state index contributed by atoms with van der Waals surface area (Å²) < 4.78 is 5.88. The molecule has 4 aromatic rings. The molecule has 36 heavy (non-hydrogen) atoms. The largest absolute Gasteiger partial charge is 0.457 e. The fraction of sp³-hybridized carbons (Fsp3) is 0.138. The summed E-state index contributed by atoms with van der Waals surface area (Å²) in [5, 5.41) is 0.627. The van der Waals surface area contributed by atoms with Crippen LogP contribution in [0.3, 0.4) is 0 Å². The van der Waals surface area contributed by atoms with Gasteiger partial charge < -0.3 is 14.5 Å². The molecule has 1 aliphatic rings. The van der Waals surface area contributed by atoms with Crippen LogP contribution in [0.1, 0.15) is 5.56 Å². The van der Waals surface area contributed by atoms with E-state index in [1.807, 2.05) is 89.8 Å². The maximum atomic E-state index is 12.6. The number of amides is 1. The Kier molecular flexibility index (Phi) is 7.24. The molecular weight excluding hydrogens is 472 g/mol. The van der Waals surface area contributed by atoms with E-state index >= 15 is 0 Å². The zero-order valence-electron chi connectivity index (χ0n) is 19.6. The molecule has 0 atom stereocenters. The minimum atomic E-state index is -0.0259. The molecule has 0 aliphatic carbocycles. The van der Waals surface area contributed by atoms with Gasteiger partial charge in [-0.05, 0) is 60.2 Å². The van der Waals surface area contributed by atoms with Crippen molar-refractivity contribution in [2.24, 2.45) is 0 Å². The minimum absolute atomic E-state index is 0.0259. The normalized spacial score (nSPS) is 13.7. The first-order valence-electron chi connectivity index (χ1n) is 11.8. The first-order chi connectivity index (χ1) is 17.7. The van der Waals surface area contributed by atoms with Crippen LogP contribution in [-0.4, -0.2) is 47.0 Å². The number of nitrogens with zero attached hydrogens (tertiary/aromatic N) is 4. The van der Waals surface area contributed by atoms with Gasteiger partial charge in [-0.2, -0.15) is 0 Å². The lowest BCUT2D eigenvalue weighted by Crippen LogP contribution is -2.48. The second kappa shape index (κ2) is 11.1. The van der Waals surface area contributed by atoms with Gasteiger partial charge in [0.05, 0.1) is 5.69 Å². The van der Waals surface area contributed by atoms with Crippen molar-refractivity contribution in [3.63, 3.8) is 0 Å². The first kappa shape index (κ1) is 23.6. The van der Waals surface area contributed by atoms with E-state index in [0.29, 0.717) is 37.1 Å². The summed E-state index contributed by atoms with van der Waals surface area (Å²) in [5.74, 6) is 2.20. The van der Waals surface area contributed by atoms with Crippen LogP contribution in [0.15, 0.2) is 97.2 Å². The van der Waals surface area contributed by atoms with Crippen molar-refractivity contribution in [2.45, 2.75) is 0 Å². The average molecular weight is 497 g/mol. The Bertz CT molecular complexity index is 1350. The molecule has 3 aromatic carbocycles. The van der Waals surface area contributed by atoms with Gasteiger partial charge >= 0.3 is 0 Å². The summed E-state index contributed by atoms with van der Waals surface area (Å²) in [7, 11) is 0. The van der Waals surface area contributed by atoms with Gasteiger partial charge in [0.1, 0.15) is 11.5 Å². The molecule has 1 aliphatic heterocycles. The monoisotopic (exact) mass is 496 g/mol. The maximum absolute atomic E-state index is 12.6. The summed E-state index contributed by atoms with van der Waals surface area (Å²) in [6.07, 6.45) is 5.12. The number of benzene rings is 3.